The predicted octanol–water partition coefficient (Wildman–Crippen LogP) is -2.04. The summed E-state index contributed by atoms with van der Waals surface area (Å²) in [5.41, 5.74) is 0. The maximum absolute atomic E-state index is 11.0. The van der Waals surface area contributed by atoms with E-state index in [0.717, 1.165) is 0 Å². The minimum Gasteiger partial charge on any atom is -1.00 e. The summed E-state index contributed by atoms with van der Waals surface area (Å²) in [5, 5.41) is 8.43. The Labute approximate surface area is 135 Å². The maximum Gasteiger partial charge on any atom is 1.00 e. The first-order valence-electron chi connectivity index (χ1n) is 4.38. The van der Waals surface area contributed by atoms with Gasteiger partial charge >= 0.3 is 51.4 Å². The van der Waals surface area contributed by atoms with Crippen molar-refractivity contribution in [2.24, 2.45) is 0 Å². The van der Waals surface area contributed by atoms with Crippen LogP contribution in [0.3, 0.4) is 0 Å². The van der Waals surface area contributed by atoms with E-state index in [0.29, 0.717) is 0 Å². The van der Waals surface area contributed by atoms with E-state index >= 15 is 0 Å². The second kappa shape index (κ2) is 11.5. The van der Waals surface area contributed by atoms with E-state index in [2.05, 4.69) is 4.18 Å². The third kappa shape index (κ3) is 12.9. The second-order valence-corrected chi connectivity index (χ2v) is 4.34. The fraction of sp³-hybridized carbons (Fsp3) is 0.556. The van der Waals surface area contributed by atoms with E-state index in [-0.39, 0.29) is 78.2 Å². The summed E-state index contributed by atoms with van der Waals surface area (Å²) in [6, 6.07) is 0. The number of hydrogen-bond donors (Lipinski definition) is 1. The Kier molecular flexibility index (Phi) is 14.0. The zero-order chi connectivity index (χ0) is 10.9. The summed E-state index contributed by atoms with van der Waals surface area (Å²) < 4.78 is 26.7. The molecule has 6 heteroatoms. The minimum absolute atomic E-state index is 0. The standard InChI is InChI=1S/C9H16O4S.K.H/c1-2-3-4-5-8-13-14(11,12)9-6-7-10;;/h2-5,10H,6-9H2,1H3;;/q;+1;-1. The van der Waals surface area contributed by atoms with Gasteiger partial charge in [-0.15, -0.1) is 0 Å². The molecule has 0 saturated carbocycles. The molecule has 1 N–H and O–H groups in total. The van der Waals surface area contributed by atoms with Crippen LogP contribution in [0.2, 0.25) is 0 Å². The molecule has 0 aromatic carbocycles. The third-order valence-corrected chi connectivity index (χ3v) is 2.62. The van der Waals surface area contributed by atoms with Crippen LogP contribution >= 0.6 is 0 Å². The maximum atomic E-state index is 11.0. The Morgan fingerprint density at radius 3 is 2.60 bits per heavy atom. The number of aliphatic hydroxyl groups excluding tert-OH is 1. The van der Waals surface area contributed by atoms with Crippen molar-refractivity contribution in [3.63, 3.8) is 0 Å². The van der Waals surface area contributed by atoms with Gasteiger partial charge in [0.2, 0.25) is 0 Å². The van der Waals surface area contributed by atoms with Gasteiger partial charge in [-0.3, -0.25) is 4.18 Å². The van der Waals surface area contributed by atoms with Crippen molar-refractivity contribution in [2.75, 3.05) is 19.0 Å². The van der Waals surface area contributed by atoms with Gasteiger partial charge in [0.05, 0.1) is 12.4 Å². The normalized spacial score (nSPS) is 12.1. The average Bonchev–Trinajstić information content (AvgIpc) is 2.15. The molecule has 0 atom stereocenters. The SMILES string of the molecule is CC=CC=CCOS(=O)(=O)CCCO.[H-].[K+]. The van der Waals surface area contributed by atoms with Crippen LogP contribution in [0, 0.1) is 0 Å². The van der Waals surface area contributed by atoms with Gasteiger partial charge in [0.25, 0.3) is 10.1 Å². The zero-order valence-electron chi connectivity index (χ0n) is 10.2. The Morgan fingerprint density at radius 1 is 1.40 bits per heavy atom. The summed E-state index contributed by atoms with van der Waals surface area (Å²) >= 11 is 0. The van der Waals surface area contributed by atoms with Gasteiger partial charge in [0.15, 0.2) is 0 Å². The van der Waals surface area contributed by atoms with Crippen molar-refractivity contribution in [2.45, 2.75) is 13.3 Å². The van der Waals surface area contributed by atoms with E-state index in [9.17, 15) is 8.42 Å². The van der Waals surface area contributed by atoms with Crippen LogP contribution in [0.5, 0.6) is 0 Å². The number of allylic oxidation sites excluding steroid dienone is 3. The van der Waals surface area contributed by atoms with Gasteiger partial charge in [-0.1, -0.05) is 24.3 Å². The van der Waals surface area contributed by atoms with Gasteiger partial charge < -0.3 is 6.53 Å². The van der Waals surface area contributed by atoms with Gasteiger partial charge in [-0.05, 0) is 13.3 Å². The smallest absolute Gasteiger partial charge is 1.00 e. The van der Waals surface area contributed by atoms with Crippen molar-refractivity contribution in [1.29, 1.82) is 0 Å². The third-order valence-electron chi connectivity index (χ3n) is 1.34. The second-order valence-electron chi connectivity index (χ2n) is 2.58. The van der Waals surface area contributed by atoms with Crippen LogP contribution in [0.15, 0.2) is 24.3 Å². The molecule has 0 aliphatic carbocycles. The predicted molar refractivity (Wildman–Crippen MR) is 56.5 cm³/mol. The molecule has 0 aromatic heterocycles. The zero-order valence-corrected chi connectivity index (χ0v) is 13.2. The summed E-state index contributed by atoms with van der Waals surface area (Å²) in [5.74, 6) is -0.138. The quantitative estimate of drug-likeness (QED) is 0.326. The number of hydrogen-bond acceptors (Lipinski definition) is 4. The molecular weight excluding hydrogens is 243 g/mol. The number of aliphatic hydroxyl groups is 1. The molecular formula is C9H17KO4S. The Balaban J connectivity index is -0.000000845. The van der Waals surface area contributed by atoms with E-state index in [4.69, 9.17) is 5.11 Å². The first kappa shape index (κ1) is 18.4. The summed E-state index contributed by atoms with van der Waals surface area (Å²) in [6.45, 7) is 1.76. The van der Waals surface area contributed by atoms with Gasteiger partial charge in [-0.25, -0.2) is 0 Å². The Hall–Kier alpha value is 0.986. The molecule has 0 bridgehead atoms. The van der Waals surface area contributed by atoms with Crippen molar-refractivity contribution in [1.82, 2.24) is 0 Å². The van der Waals surface area contributed by atoms with Crippen LogP contribution in [-0.2, 0) is 14.3 Å². The monoisotopic (exact) mass is 260 g/mol. The summed E-state index contributed by atoms with van der Waals surface area (Å²) in [7, 11) is -3.47. The van der Waals surface area contributed by atoms with Crippen molar-refractivity contribution in [3.8, 4) is 0 Å². The fourth-order valence-corrected chi connectivity index (χ4v) is 1.57. The summed E-state index contributed by atoms with van der Waals surface area (Å²) in [6.07, 6.45) is 7.14. The number of rotatable bonds is 7. The van der Waals surface area contributed by atoms with Crippen LogP contribution in [0.1, 0.15) is 14.8 Å². The Bertz CT molecular complexity index is 288. The molecule has 0 rings (SSSR count). The van der Waals surface area contributed by atoms with E-state index in [1.165, 1.54) is 0 Å². The van der Waals surface area contributed by atoms with Crippen molar-refractivity contribution in [3.05, 3.63) is 24.3 Å². The molecule has 0 aliphatic heterocycles. The summed E-state index contributed by atoms with van der Waals surface area (Å²) in [4.78, 5) is 0. The molecule has 15 heavy (non-hydrogen) atoms. The molecule has 0 saturated heterocycles. The first-order valence-corrected chi connectivity index (χ1v) is 5.96. The molecule has 0 heterocycles. The van der Waals surface area contributed by atoms with Crippen LogP contribution < -0.4 is 51.4 Å². The van der Waals surface area contributed by atoms with Gasteiger partial charge in [0, 0.05) is 6.61 Å². The minimum atomic E-state index is -3.47. The molecule has 4 nitrogen and oxygen atoms in total. The largest absolute Gasteiger partial charge is 1.00 e. The molecule has 0 spiro atoms. The van der Waals surface area contributed by atoms with E-state index < -0.39 is 10.1 Å². The molecule has 0 unspecified atom stereocenters. The van der Waals surface area contributed by atoms with Crippen LogP contribution in [-0.4, -0.2) is 32.5 Å². The van der Waals surface area contributed by atoms with Crippen LogP contribution in [0.4, 0.5) is 0 Å². The molecule has 0 aromatic rings. The average molecular weight is 260 g/mol. The van der Waals surface area contributed by atoms with E-state index in [1.807, 2.05) is 13.0 Å². The topological polar surface area (TPSA) is 63.6 Å². The van der Waals surface area contributed by atoms with Crippen LogP contribution in [0.25, 0.3) is 0 Å². The van der Waals surface area contributed by atoms with Gasteiger partial charge in [0.1, 0.15) is 0 Å². The van der Waals surface area contributed by atoms with Gasteiger partial charge in [-0.2, -0.15) is 8.42 Å². The first-order chi connectivity index (χ1) is 6.62. The van der Waals surface area contributed by atoms with Crippen molar-refractivity contribution >= 4 is 10.1 Å². The molecule has 0 fully saturated rings. The molecule has 0 amide bonds. The molecule has 84 valence electrons. The fourth-order valence-electron chi connectivity index (χ4n) is 0.688. The van der Waals surface area contributed by atoms with E-state index in [1.54, 1.807) is 18.2 Å². The van der Waals surface area contributed by atoms with Crippen molar-refractivity contribution < 1.29 is 70.5 Å². The molecule has 0 aliphatic rings. The Morgan fingerprint density at radius 2 is 2.07 bits per heavy atom. The molecule has 0 radical (unpaired) electrons.